The fraction of sp³-hybridized carbons (Fsp3) is 0.440. The van der Waals surface area contributed by atoms with Gasteiger partial charge in [0.05, 0.1) is 40.6 Å². The number of alkyl halides is 3. The van der Waals surface area contributed by atoms with Crippen LogP contribution in [-0.4, -0.2) is 68.9 Å². The summed E-state index contributed by atoms with van der Waals surface area (Å²) in [6.45, 7) is -1.84. The molecule has 2 aliphatic rings. The lowest BCUT2D eigenvalue weighted by Gasteiger charge is -2.24. The van der Waals surface area contributed by atoms with Crippen LogP contribution >= 0.6 is 23.2 Å². The van der Waals surface area contributed by atoms with Gasteiger partial charge < -0.3 is 19.1 Å². The highest BCUT2D eigenvalue weighted by Crippen LogP contribution is 2.35. The zero-order valence-corrected chi connectivity index (χ0v) is 23.1. The summed E-state index contributed by atoms with van der Waals surface area (Å²) in [5.41, 5.74) is -0.624. The molecule has 15 heteroatoms. The first-order valence-corrected chi connectivity index (χ1v) is 14.3. The van der Waals surface area contributed by atoms with Gasteiger partial charge in [0.15, 0.2) is 16.4 Å². The third-order valence-corrected chi connectivity index (χ3v) is 9.33. The zero-order valence-electron chi connectivity index (χ0n) is 20.8. The average molecular weight is 622 g/mol. The Bertz CT molecular complexity index is 1380. The van der Waals surface area contributed by atoms with E-state index in [2.05, 4.69) is 16.1 Å². The summed E-state index contributed by atoms with van der Waals surface area (Å²) in [6, 6.07) is 10.6. The number of carbonyl (C=O) groups is 1. The zero-order chi connectivity index (χ0) is 29.1. The van der Waals surface area contributed by atoms with Crippen LogP contribution in [0.4, 0.5) is 18.0 Å². The fourth-order valence-corrected chi connectivity index (χ4v) is 6.53. The Morgan fingerprint density at radius 2 is 1.82 bits per heavy atom. The molecule has 40 heavy (non-hydrogen) atoms. The van der Waals surface area contributed by atoms with E-state index < -0.39 is 45.5 Å². The van der Waals surface area contributed by atoms with Crippen LogP contribution in [0.15, 0.2) is 47.4 Å². The second-order valence-electron chi connectivity index (χ2n) is 9.41. The molecule has 2 aromatic rings. The van der Waals surface area contributed by atoms with Crippen molar-refractivity contribution in [3.8, 4) is 17.6 Å². The number of likely N-dealkylation sites (tertiary alicyclic amines) is 1. The molecule has 1 saturated heterocycles. The van der Waals surface area contributed by atoms with Crippen LogP contribution < -0.4 is 14.8 Å². The van der Waals surface area contributed by atoms with E-state index in [0.29, 0.717) is 17.9 Å². The molecular formula is C25H24Cl2F3N3O6S. The van der Waals surface area contributed by atoms with E-state index in [0.717, 1.165) is 18.2 Å². The van der Waals surface area contributed by atoms with Crippen LogP contribution in [0.2, 0.25) is 10.0 Å². The molecule has 2 aromatic carbocycles. The van der Waals surface area contributed by atoms with Crippen molar-refractivity contribution in [1.82, 2.24) is 10.2 Å². The third-order valence-electron chi connectivity index (χ3n) is 6.47. The number of carbonyl (C=O) groups excluding carboxylic acids is 1. The van der Waals surface area contributed by atoms with Gasteiger partial charge in [-0.15, -0.1) is 0 Å². The topological polar surface area (TPSA) is 118 Å². The second-order valence-corrected chi connectivity index (χ2v) is 12.5. The molecule has 1 amide bonds. The molecule has 1 saturated carbocycles. The van der Waals surface area contributed by atoms with Crippen LogP contribution in [0.1, 0.15) is 19.3 Å². The summed E-state index contributed by atoms with van der Waals surface area (Å²) in [4.78, 5) is 14.0. The van der Waals surface area contributed by atoms with Gasteiger partial charge in [0.25, 0.3) is 0 Å². The van der Waals surface area contributed by atoms with E-state index in [1.54, 1.807) is 0 Å². The van der Waals surface area contributed by atoms with Crippen LogP contribution in [-0.2, 0) is 14.6 Å². The molecule has 216 valence electrons. The molecule has 2 fully saturated rings. The SMILES string of the molecule is N#CC1(NCOC[C@@H]2C[C@@H](S(=O)(=O)c3ccc(OCC(F)(F)F)cc3Cl)CN2C(=O)Oc2ccc(Cl)cc2)CC1. The maximum Gasteiger partial charge on any atom is 0.422 e. The van der Waals surface area contributed by atoms with Crippen molar-refractivity contribution >= 4 is 39.1 Å². The van der Waals surface area contributed by atoms with Gasteiger partial charge in [-0.2, -0.15) is 18.4 Å². The number of hydrogen-bond acceptors (Lipinski definition) is 8. The molecule has 2 atom stereocenters. The first-order valence-electron chi connectivity index (χ1n) is 12.0. The minimum Gasteiger partial charge on any atom is -0.484 e. The summed E-state index contributed by atoms with van der Waals surface area (Å²) in [5.74, 6) is -0.0466. The highest BCUT2D eigenvalue weighted by molar-refractivity contribution is 7.92. The molecule has 1 aliphatic heterocycles. The molecule has 0 aromatic heterocycles. The molecule has 9 nitrogen and oxygen atoms in total. The lowest BCUT2D eigenvalue weighted by Crippen LogP contribution is -2.41. The Hall–Kier alpha value is -2.76. The number of sulfone groups is 1. The lowest BCUT2D eigenvalue weighted by molar-refractivity contribution is -0.153. The van der Waals surface area contributed by atoms with Crippen molar-refractivity contribution in [1.29, 1.82) is 5.26 Å². The predicted molar refractivity (Wildman–Crippen MR) is 138 cm³/mol. The number of nitrogens with zero attached hydrogens (tertiary/aromatic N) is 2. The first-order chi connectivity index (χ1) is 18.8. The smallest absolute Gasteiger partial charge is 0.422 e. The highest BCUT2D eigenvalue weighted by Gasteiger charge is 2.45. The number of hydrogen-bond donors (Lipinski definition) is 1. The van der Waals surface area contributed by atoms with Crippen molar-refractivity contribution in [2.24, 2.45) is 0 Å². The number of nitrogens with one attached hydrogen (secondary N) is 1. The largest absolute Gasteiger partial charge is 0.484 e. The highest BCUT2D eigenvalue weighted by atomic mass is 35.5. The molecule has 1 aliphatic carbocycles. The summed E-state index contributed by atoms with van der Waals surface area (Å²) in [5, 5.41) is 11.2. The quantitative estimate of drug-likeness (QED) is 0.292. The monoisotopic (exact) mass is 621 g/mol. The Morgan fingerprint density at radius 1 is 1.15 bits per heavy atom. The Kier molecular flexibility index (Phi) is 9.06. The minimum atomic E-state index is -4.58. The Morgan fingerprint density at radius 3 is 2.42 bits per heavy atom. The van der Waals surface area contributed by atoms with Gasteiger partial charge in [0.2, 0.25) is 0 Å². The van der Waals surface area contributed by atoms with Crippen LogP contribution in [0, 0.1) is 11.3 Å². The number of amides is 1. The van der Waals surface area contributed by atoms with Gasteiger partial charge in [-0.3, -0.25) is 5.32 Å². The van der Waals surface area contributed by atoms with Gasteiger partial charge in [0.1, 0.15) is 17.0 Å². The van der Waals surface area contributed by atoms with Crippen LogP contribution in [0.25, 0.3) is 0 Å². The number of ether oxygens (including phenoxy) is 3. The predicted octanol–water partition coefficient (Wildman–Crippen LogP) is 4.97. The van der Waals surface area contributed by atoms with Crippen LogP contribution in [0.5, 0.6) is 11.5 Å². The molecular weight excluding hydrogens is 598 g/mol. The van der Waals surface area contributed by atoms with Gasteiger partial charge in [-0.1, -0.05) is 23.2 Å². The third kappa shape index (κ3) is 7.50. The molecule has 0 bridgehead atoms. The first kappa shape index (κ1) is 30.2. The number of rotatable bonds is 10. The number of nitriles is 1. The van der Waals surface area contributed by atoms with Crippen LogP contribution in [0.3, 0.4) is 0 Å². The maximum absolute atomic E-state index is 13.5. The summed E-state index contributed by atoms with van der Waals surface area (Å²) >= 11 is 12.0. The standard InChI is InChI=1S/C25H24Cl2F3N3O6S/c26-16-1-3-18(4-2-16)39-23(34)33-11-20(9-17(33)12-37-15-32-24(13-31)7-8-24)40(35,36)22-6-5-19(10-21(22)27)38-14-25(28,29)30/h1-6,10,17,20,32H,7-9,11-12,14-15H2/t17-,20+/m0/s1. The molecule has 1 heterocycles. The van der Waals surface area contributed by atoms with E-state index in [9.17, 15) is 31.6 Å². The summed E-state index contributed by atoms with van der Waals surface area (Å²) in [6.07, 6.45) is -4.02. The number of benzene rings is 2. The minimum absolute atomic E-state index is 0.0206. The van der Waals surface area contributed by atoms with Crippen molar-refractivity contribution in [3.05, 3.63) is 52.5 Å². The fourth-order valence-electron chi connectivity index (χ4n) is 4.13. The van der Waals surface area contributed by atoms with Gasteiger partial charge >= 0.3 is 12.3 Å². The van der Waals surface area contributed by atoms with Crippen molar-refractivity contribution in [2.75, 3.05) is 26.5 Å². The summed E-state index contributed by atoms with van der Waals surface area (Å²) < 4.78 is 80.1. The van der Waals surface area contributed by atoms with E-state index >= 15 is 0 Å². The van der Waals surface area contributed by atoms with Crippen molar-refractivity contribution in [3.63, 3.8) is 0 Å². The Balaban J connectivity index is 1.48. The number of halogens is 5. The van der Waals surface area contributed by atoms with Gasteiger partial charge in [-0.05, 0) is 55.7 Å². The Labute approximate surface area is 238 Å². The second kappa shape index (κ2) is 12.0. The molecule has 4 rings (SSSR count). The van der Waals surface area contributed by atoms with Crippen molar-refractivity contribution < 1.29 is 40.6 Å². The van der Waals surface area contributed by atoms with E-state index in [1.165, 1.54) is 29.2 Å². The van der Waals surface area contributed by atoms with Gasteiger partial charge in [-0.25, -0.2) is 13.2 Å². The van der Waals surface area contributed by atoms with E-state index in [4.69, 9.17) is 32.7 Å². The maximum atomic E-state index is 13.5. The van der Waals surface area contributed by atoms with Crippen molar-refractivity contribution in [2.45, 2.75) is 47.2 Å². The normalized spacial score (nSPS) is 20.1. The van der Waals surface area contributed by atoms with E-state index in [-0.39, 0.29) is 47.7 Å². The molecule has 0 spiro atoms. The molecule has 0 unspecified atom stereocenters. The molecule has 0 radical (unpaired) electrons. The average Bonchev–Trinajstić information content (AvgIpc) is 3.54. The van der Waals surface area contributed by atoms with Gasteiger partial charge in [0, 0.05) is 17.6 Å². The lowest BCUT2D eigenvalue weighted by atomic mass is 10.2. The van der Waals surface area contributed by atoms with E-state index in [1.807, 2.05) is 0 Å². The summed E-state index contributed by atoms with van der Waals surface area (Å²) in [7, 11) is -4.15. The molecule has 1 N–H and O–H groups in total.